The van der Waals surface area contributed by atoms with Crippen LogP contribution < -0.4 is 19.9 Å². The van der Waals surface area contributed by atoms with Gasteiger partial charge < -0.3 is 30.3 Å². The summed E-state index contributed by atoms with van der Waals surface area (Å²) in [7, 11) is 0. The first-order valence-electron chi connectivity index (χ1n) is 18.2. The van der Waals surface area contributed by atoms with Crippen molar-refractivity contribution in [3.8, 4) is 5.75 Å². The number of rotatable bonds is 17. The fourth-order valence-electron chi connectivity index (χ4n) is 7.10. The van der Waals surface area contributed by atoms with Crippen molar-refractivity contribution >= 4 is 44.8 Å². The molecule has 4 aromatic rings. The number of fused-ring (bicyclic) bond motifs is 2. The van der Waals surface area contributed by atoms with E-state index in [2.05, 4.69) is 31.6 Å². The highest BCUT2D eigenvalue weighted by Crippen LogP contribution is 2.47. The molecule has 0 aliphatic carbocycles. The van der Waals surface area contributed by atoms with Crippen LogP contribution in [0.3, 0.4) is 0 Å². The van der Waals surface area contributed by atoms with Crippen LogP contribution in [0.2, 0.25) is 0 Å². The summed E-state index contributed by atoms with van der Waals surface area (Å²) in [5.74, 6) is -0.315. The number of hydrogen-bond acceptors (Lipinski definition) is 9. The van der Waals surface area contributed by atoms with Gasteiger partial charge in [-0.05, 0) is 98.8 Å². The molecule has 53 heavy (non-hydrogen) atoms. The summed E-state index contributed by atoms with van der Waals surface area (Å²) >= 11 is 3.54. The van der Waals surface area contributed by atoms with Crippen LogP contribution in [0.25, 0.3) is 0 Å². The van der Waals surface area contributed by atoms with Gasteiger partial charge in [-0.15, -0.1) is 5.10 Å². The summed E-state index contributed by atoms with van der Waals surface area (Å²) in [6.45, 7) is 5.77. The minimum Gasteiger partial charge on any atom is -0.494 e. The zero-order valence-electron chi connectivity index (χ0n) is 30.1. The first kappa shape index (κ1) is 38.3. The molecule has 0 saturated heterocycles. The largest absolute Gasteiger partial charge is 0.494 e. The van der Waals surface area contributed by atoms with Crippen LogP contribution in [0.4, 0.5) is 17.1 Å². The molecule has 3 atom stereocenters. The number of aryl methyl sites for hydroxylation is 1. The number of nitrogens with zero attached hydrogens (tertiary/aromatic N) is 5. The zero-order chi connectivity index (χ0) is 37.5. The van der Waals surface area contributed by atoms with E-state index in [1.165, 1.54) is 0 Å². The molecule has 0 spiro atoms. The number of unbranched alkanes of at least 4 members (excludes halogenated alkanes) is 1. The molecule has 3 aromatic carbocycles. The average Bonchev–Trinajstić information content (AvgIpc) is 3.68. The molecule has 6 rings (SSSR count). The van der Waals surface area contributed by atoms with Crippen molar-refractivity contribution in [3.05, 3.63) is 106 Å². The molecule has 1 aromatic heterocycles. The lowest BCUT2D eigenvalue weighted by Crippen LogP contribution is -2.49. The van der Waals surface area contributed by atoms with Crippen LogP contribution in [0.5, 0.6) is 5.75 Å². The van der Waals surface area contributed by atoms with Crippen molar-refractivity contribution < 1.29 is 29.6 Å². The van der Waals surface area contributed by atoms with Crippen LogP contribution >= 0.6 is 15.9 Å². The number of aromatic nitrogens is 3. The number of halogens is 1. The van der Waals surface area contributed by atoms with Crippen molar-refractivity contribution in [3.63, 3.8) is 0 Å². The quantitative estimate of drug-likeness (QED) is 0.0862. The molecule has 0 saturated carbocycles. The fourth-order valence-corrected chi connectivity index (χ4v) is 7.46. The van der Waals surface area contributed by atoms with Gasteiger partial charge in [0.2, 0.25) is 5.91 Å². The highest BCUT2D eigenvalue weighted by Gasteiger charge is 2.52. The van der Waals surface area contributed by atoms with E-state index < -0.39 is 23.5 Å². The minimum absolute atomic E-state index is 0.0108. The van der Waals surface area contributed by atoms with Crippen LogP contribution in [0, 0.1) is 5.92 Å². The molecule has 1 unspecified atom stereocenters. The van der Waals surface area contributed by atoms with Crippen molar-refractivity contribution in [2.24, 2.45) is 5.92 Å². The van der Waals surface area contributed by atoms with Gasteiger partial charge in [-0.1, -0.05) is 52.4 Å². The Bertz CT molecular complexity index is 1950. The number of amides is 2. The predicted molar refractivity (Wildman–Crippen MR) is 206 cm³/mol. The standard InChI is InChI=1S/C40H47BrN6O6/c1-3-53-33-13-15-36-29(22-33)23-35(42-17-5-7-19-48)38(50)47(36)32-11-8-10-28(21-32)25-46-37-14-12-30(41)24-34(37)40(52,39(46)51)27(2)9-4-6-18-45-26-31(16-20-49)43-44-45/h4,8-15,21-22,24,26-27,35,42,48-49,52H,3,5-7,16-20,23,25H2,1-2H3/b9-4+/t27-,35?,40+/m0/s1. The molecule has 12 nitrogen and oxygen atoms in total. The molecular formula is C40H47BrN6O6. The Morgan fingerprint density at radius 3 is 2.70 bits per heavy atom. The summed E-state index contributed by atoms with van der Waals surface area (Å²) in [5.41, 5.74) is 3.29. The molecule has 2 aliphatic rings. The second-order valence-corrected chi connectivity index (χ2v) is 14.4. The Morgan fingerprint density at radius 2 is 1.91 bits per heavy atom. The lowest BCUT2D eigenvalue weighted by atomic mass is 9.83. The third-order valence-electron chi connectivity index (χ3n) is 9.82. The second kappa shape index (κ2) is 17.2. The molecule has 0 fully saturated rings. The number of ether oxygens (including phenoxy) is 1. The van der Waals surface area contributed by atoms with E-state index in [-0.39, 0.29) is 25.7 Å². The van der Waals surface area contributed by atoms with Crippen molar-refractivity contribution in [2.45, 2.75) is 70.7 Å². The van der Waals surface area contributed by atoms with Gasteiger partial charge in [0.15, 0.2) is 5.60 Å². The SMILES string of the molecule is CCOc1ccc2c(c1)CC(NCCCCO)C(=O)N2c1cccc(CN2C(=O)[C@@](O)([C@@H](C)/C=C/CCn3cc(CCO)nn3)c3cc(Br)ccc32)c1. The van der Waals surface area contributed by atoms with Gasteiger partial charge in [-0.3, -0.25) is 19.2 Å². The maximum absolute atomic E-state index is 14.3. The maximum Gasteiger partial charge on any atom is 0.264 e. The van der Waals surface area contributed by atoms with Crippen LogP contribution in [0.1, 0.15) is 55.5 Å². The Morgan fingerprint density at radius 1 is 1.08 bits per heavy atom. The number of benzene rings is 3. The fraction of sp³-hybridized carbons (Fsp3) is 0.400. The maximum atomic E-state index is 14.3. The summed E-state index contributed by atoms with van der Waals surface area (Å²) in [6, 6.07) is 18.4. The lowest BCUT2D eigenvalue weighted by molar-refractivity contribution is -0.139. The number of nitrogens with one attached hydrogen (secondary N) is 1. The molecule has 3 heterocycles. The van der Waals surface area contributed by atoms with E-state index in [1.54, 1.807) is 26.7 Å². The van der Waals surface area contributed by atoms with Crippen LogP contribution in [0.15, 0.2) is 83.5 Å². The molecule has 0 bridgehead atoms. The van der Waals surface area contributed by atoms with Crippen LogP contribution in [-0.2, 0) is 41.1 Å². The zero-order valence-corrected chi connectivity index (χ0v) is 31.7. The molecule has 4 N–H and O–H groups in total. The highest BCUT2D eigenvalue weighted by molar-refractivity contribution is 9.10. The van der Waals surface area contributed by atoms with Gasteiger partial charge >= 0.3 is 0 Å². The number of carbonyl (C=O) groups excluding carboxylic acids is 2. The second-order valence-electron chi connectivity index (χ2n) is 13.5. The van der Waals surface area contributed by atoms with Gasteiger partial charge in [0.25, 0.3) is 5.91 Å². The molecule has 2 aliphatic heterocycles. The van der Waals surface area contributed by atoms with E-state index in [0.29, 0.717) is 62.3 Å². The Labute approximate surface area is 318 Å². The number of anilines is 3. The van der Waals surface area contributed by atoms with E-state index in [4.69, 9.17) is 9.84 Å². The smallest absolute Gasteiger partial charge is 0.264 e. The highest BCUT2D eigenvalue weighted by atomic mass is 79.9. The minimum atomic E-state index is -1.80. The first-order chi connectivity index (χ1) is 25.7. The number of aliphatic hydroxyl groups excluding tert-OH is 2. The number of carbonyl (C=O) groups is 2. The van der Waals surface area contributed by atoms with Gasteiger partial charge in [0.1, 0.15) is 5.75 Å². The molecule has 0 radical (unpaired) electrons. The third-order valence-corrected chi connectivity index (χ3v) is 10.3. The summed E-state index contributed by atoms with van der Waals surface area (Å²) < 4.78 is 8.25. The Balaban J connectivity index is 1.24. The van der Waals surface area contributed by atoms with Gasteiger partial charge in [0.05, 0.1) is 36.3 Å². The van der Waals surface area contributed by atoms with E-state index >= 15 is 0 Å². The van der Waals surface area contributed by atoms with E-state index in [9.17, 15) is 19.8 Å². The number of allylic oxidation sites excluding steroid dienone is 1. The topological polar surface area (TPSA) is 153 Å². The Kier molecular flexibility index (Phi) is 12.4. The number of hydrogen-bond donors (Lipinski definition) is 4. The monoisotopic (exact) mass is 786 g/mol. The normalized spacial score (nSPS) is 18.9. The summed E-state index contributed by atoms with van der Waals surface area (Å²) in [6.07, 6.45) is 8.58. The number of aliphatic hydroxyl groups is 3. The molecular weight excluding hydrogens is 740 g/mol. The van der Waals surface area contributed by atoms with Crippen LogP contribution in [-0.4, -0.2) is 74.5 Å². The van der Waals surface area contributed by atoms with E-state index in [0.717, 1.165) is 39.2 Å². The summed E-state index contributed by atoms with van der Waals surface area (Å²) in [5, 5.41) is 42.2. The van der Waals surface area contributed by atoms with E-state index in [1.807, 2.05) is 80.6 Å². The predicted octanol–water partition coefficient (Wildman–Crippen LogP) is 4.94. The first-order valence-corrected chi connectivity index (χ1v) is 19.0. The van der Waals surface area contributed by atoms with Crippen molar-refractivity contribution in [1.82, 2.24) is 20.3 Å². The third kappa shape index (κ3) is 8.24. The van der Waals surface area contributed by atoms with Crippen molar-refractivity contribution in [2.75, 3.05) is 36.2 Å². The lowest BCUT2D eigenvalue weighted by Gasteiger charge is -2.35. The molecule has 13 heteroatoms. The van der Waals surface area contributed by atoms with Crippen molar-refractivity contribution in [1.29, 1.82) is 0 Å². The molecule has 280 valence electrons. The van der Waals surface area contributed by atoms with Gasteiger partial charge in [-0.2, -0.15) is 0 Å². The molecule has 2 amide bonds. The van der Waals surface area contributed by atoms with Gasteiger partial charge in [-0.25, -0.2) is 0 Å². The van der Waals surface area contributed by atoms with Gasteiger partial charge in [0, 0.05) is 54.0 Å². The summed E-state index contributed by atoms with van der Waals surface area (Å²) in [4.78, 5) is 31.8. The Hall–Kier alpha value is -4.40. The average molecular weight is 788 g/mol.